The normalized spacial score (nSPS) is 18.0. The molecule has 0 aliphatic carbocycles. The van der Waals surface area contributed by atoms with E-state index < -0.39 is 0 Å². The molecule has 0 aromatic carbocycles. The standard InChI is InChI=1S/C7H15ClO/c1-5(2)7(9)6(3)4-8/h5-7,9H,4H2,1-3H3. The SMILES string of the molecule is CC(C)C(O)C(C)CCl. The van der Waals surface area contributed by atoms with Gasteiger partial charge in [-0.15, -0.1) is 11.6 Å². The summed E-state index contributed by atoms with van der Waals surface area (Å²) in [6, 6.07) is 0. The molecule has 0 radical (unpaired) electrons. The van der Waals surface area contributed by atoms with Crippen LogP contribution in [0.2, 0.25) is 0 Å². The number of alkyl halides is 1. The van der Waals surface area contributed by atoms with Crippen LogP contribution in [0.15, 0.2) is 0 Å². The fourth-order valence-electron chi connectivity index (χ4n) is 0.748. The predicted molar refractivity (Wildman–Crippen MR) is 40.7 cm³/mol. The van der Waals surface area contributed by atoms with Crippen molar-refractivity contribution >= 4 is 11.6 Å². The van der Waals surface area contributed by atoms with Crippen molar-refractivity contribution in [1.29, 1.82) is 0 Å². The Bertz CT molecular complexity index is 73.3. The van der Waals surface area contributed by atoms with Gasteiger partial charge in [-0.25, -0.2) is 0 Å². The second kappa shape index (κ2) is 4.13. The van der Waals surface area contributed by atoms with Gasteiger partial charge >= 0.3 is 0 Å². The fourth-order valence-corrected chi connectivity index (χ4v) is 0.931. The lowest BCUT2D eigenvalue weighted by Crippen LogP contribution is -2.24. The molecule has 0 bridgehead atoms. The average molecular weight is 151 g/mol. The van der Waals surface area contributed by atoms with E-state index in [1.54, 1.807) is 0 Å². The molecule has 9 heavy (non-hydrogen) atoms. The maximum Gasteiger partial charge on any atom is 0.0600 e. The van der Waals surface area contributed by atoms with Crippen LogP contribution >= 0.6 is 11.6 Å². The minimum atomic E-state index is -0.248. The summed E-state index contributed by atoms with van der Waals surface area (Å²) in [5.74, 6) is 1.07. The molecule has 0 aliphatic heterocycles. The number of hydrogen-bond acceptors (Lipinski definition) is 1. The molecule has 0 amide bonds. The summed E-state index contributed by atoms with van der Waals surface area (Å²) in [6.45, 7) is 5.94. The van der Waals surface area contributed by atoms with Crippen molar-refractivity contribution in [3.8, 4) is 0 Å². The first-order chi connectivity index (χ1) is 4.09. The van der Waals surface area contributed by atoms with Crippen LogP contribution in [0.25, 0.3) is 0 Å². The highest BCUT2D eigenvalue weighted by molar-refractivity contribution is 6.18. The molecule has 0 spiro atoms. The molecule has 0 rings (SSSR count). The minimum absolute atomic E-state index is 0.215. The van der Waals surface area contributed by atoms with Crippen molar-refractivity contribution in [3.63, 3.8) is 0 Å². The predicted octanol–water partition coefficient (Wildman–Crippen LogP) is 1.88. The molecule has 1 N–H and O–H groups in total. The van der Waals surface area contributed by atoms with Gasteiger partial charge in [0.15, 0.2) is 0 Å². The van der Waals surface area contributed by atoms with Crippen LogP contribution in [0.3, 0.4) is 0 Å². The quantitative estimate of drug-likeness (QED) is 0.610. The zero-order valence-electron chi connectivity index (χ0n) is 6.26. The topological polar surface area (TPSA) is 20.2 Å². The Morgan fingerprint density at radius 1 is 1.33 bits per heavy atom. The van der Waals surface area contributed by atoms with Crippen molar-refractivity contribution in [2.24, 2.45) is 11.8 Å². The summed E-state index contributed by atoms with van der Waals surface area (Å²) in [5.41, 5.74) is 0. The first kappa shape index (κ1) is 9.25. The third-order valence-corrected chi connectivity index (χ3v) is 2.00. The van der Waals surface area contributed by atoms with E-state index in [2.05, 4.69) is 0 Å². The fraction of sp³-hybridized carbons (Fsp3) is 1.00. The van der Waals surface area contributed by atoms with E-state index >= 15 is 0 Å². The molecule has 0 saturated carbocycles. The molecular formula is C7H15ClO. The van der Waals surface area contributed by atoms with E-state index in [9.17, 15) is 5.11 Å². The number of aliphatic hydroxyl groups is 1. The molecule has 0 aromatic rings. The molecule has 2 unspecified atom stereocenters. The minimum Gasteiger partial charge on any atom is -0.393 e. The highest BCUT2D eigenvalue weighted by Gasteiger charge is 2.15. The monoisotopic (exact) mass is 150 g/mol. The van der Waals surface area contributed by atoms with Crippen molar-refractivity contribution in [3.05, 3.63) is 0 Å². The Kier molecular flexibility index (Phi) is 4.24. The first-order valence-corrected chi connectivity index (χ1v) is 3.87. The summed E-state index contributed by atoms with van der Waals surface area (Å²) < 4.78 is 0. The van der Waals surface area contributed by atoms with E-state index in [-0.39, 0.29) is 12.0 Å². The van der Waals surface area contributed by atoms with Crippen LogP contribution in [0.5, 0.6) is 0 Å². The van der Waals surface area contributed by atoms with Crippen LogP contribution in [-0.2, 0) is 0 Å². The molecule has 0 aromatic heterocycles. The first-order valence-electron chi connectivity index (χ1n) is 3.33. The molecule has 0 heterocycles. The zero-order valence-corrected chi connectivity index (χ0v) is 7.02. The molecular weight excluding hydrogens is 136 g/mol. The van der Waals surface area contributed by atoms with Gasteiger partial charge in [-0.3, -0.25) is 0 Å². The van der Waals surface area contributed by atoms with E-state index in [1.165, 1.54) is 0 Å². The summed E-state index contributed by atoms with van der Waals surface area (Å²) in [4.78, 5) is 0. The number of aliphatic hydroxyl groups excluding tert-OH is 1. The van der Waals surface area contributed by atoms with Gasteiger partial charge in [0.2, 0.25) is 0 Å². The van der Waals surface area contributed by atoms with Crippen molar-refractivity contribution in [2.75, 3.05) is 5.88 Å². The number of hydrogen-bond donors (Lipinski definition) is 1. The Balaban J connectivity index is 3.58. The summed E-state index contributed by atoms with van der Waals surface area (Å²) in [5, 5.41) is 9.31. The van der Waals surface area contributed by atoms with E-state index in [1.807, 2.05) is 20.8 Å². The van der Waals surface area contributed by atoms with Crippen molar-refractivity contribution < 1.29 is 5.11 Å². The van der Waals surface area contributed by atoms with E-state index in [4.69, 9.17) is 11.6 Å². The van der Waals surface area contributed by atoms with Crippen LogP contribution in [-0.4, -0.2) is 17.1 Å². The number of halogens is 1. The Morgan fingerprint density at radius 2 is 1.78 bits per heavy atom. The van der Waals surface area contributed by atoms with E-state index in [0.717, 1.165) is 0 Å². The Labute approximate surface area is 62.0 Å². The number of rotatable bonds is 3. The van der Waals surface area contributed by atoms with Crippen LogP contribution in [0.1, 0.15) is 20.8 Å². The highest BCUT2D eigenvalue weighted by atomic mass is 35.5. The van der Waals surface area contributed by atoms with E-state index in [0.29, 0.717) is 11.8 Å². The van der Waals surface area contributed by atoms with Crippen molar-refractivity contribution in [2.45, 2.75) is 26.9 Å². The summed E-state index contributed by atoms with van der Waals surface area (Å²) in [7, 11) is 0. The summed E-state index contributed by atoms with van der Waals surface area (Å²) in [6.07, 6.45) is -0.248. The van der Waals surface area contributed by atoms with Gasteiger partial charge in [0.1, 0.15) is 0 Å². The van der Waals surface area contributed by atoms with Crippen LogP contribution in [0, 0.1) is 11.8 Å². The van der Waals surface area contributed by atoms with Gasteiger partial charge in [-0.2, -0.15) is 0 Å². The zero-order chi connectivity index (χ0) is 7.44. The molecule has 2 heteroatoms. The van der Waals surface area contributed by atoms with Gasteiger partial charge < -0.3 is 5.11 Å². The molecule has 0 aliphatic rings. The van der Waals surface area contributed by atoms with Crippen LogP contribution < -0.4 is 0 Å². The van der Waals surface area contributed by atoms with Gasteiger partial charge in [0.05, 0.1) is 6.10 Å². The smallest absolute Gasteiger partial charge is 0.0600 e. The molecule has 0 saturated heterocycles. The van der Waals surface area contributed by atoms with Gasteiger partial charge in [-0.05, 0) is 11.8 Å². The maximum atomic E-state index is 9.31. The Hall–Kier alpha value is 0.250. The highest BCUT2D eigenvalue weighted by Crippen LogP contribution is 2.12. The van der Waals surface area contributed by atoms with Gasteiger partial charge in [-0.1, -0.05) is 20.8 Å². The second-order valence-electron chi connectivity index (χ2n) is 2.87. The second-order valence-corrected chi connectivity index (χ2v) is 3.17. The average Bonchev–Trinajstić information content (AvgIpc) is 1.84. The lowest BCUT2D eigenvalue weighted by Gasteiger charge is -2.19. The Morgan fingerprint density at radius 3 is 1.89 bits per heavy atom. The van der Waals surface area contributed by atoms with Gasteiger partial charge in [0, 0.05) is 5.88 Å². The third kappa shape index (κ3) is 3.07. The molecule has 2 atom stereocenters. The largest absolute Gasteiger partial charge is 0.393 e. The summed E-state index contributed by atoms with van der Waals surface area (Å²) >= 11 is 5.53. The molecule has 0 fully saturated rings. The van der Waals surface area contributed by atoms with Crippen LogP contribution in [0.4, 0.5) is 0 Å². The third-order valence-electron chi connectivity index (χ3n) is 1.51. The maximum absolute atomic E-state index is 9.31. The molecule has 1 nitrogen and oxygen atoms in total. The lowest BCUT2D eigenvalue weighted by molar-refractivity contribution is 0.0815. The lowest BCUT2D eigenvalue weighted by atomic mass is 9.97. The van der Waals surface area contributed by atoms with Gasteiger partial charge in [0.25, 0.3) is 0 Å². The van der Waals surface area contributed by atoms with Crippen molar-refractivity contribution in [1.82, 2.24) is 0 Å². The molecule has 56 valence electrons.